The summed E-state index contributed by atoms with van der Waals surface area (Å²) in [6.07, 6.45) is 0. The molecule has 0 fully saturated rings. The quantitative estimate of drug-likeness (QED) is 0.832. The summed E-state index contributed by atoms with van der Waals surface area (Å²) in [6.45, 7) is 10.9. The van der Waals surface area contributed by atoms with Crippen LogP contribution in [0.25, 0.3) is 0 Å². The maximum Gasteiger partial charge on any atom is 0.0237 e. The second-order valence-corrected chi connectivity index (χ2v) is 5.90. The van der Waals surface area contributed by atoms with Crippen LogP contribution in [0.5, 0.6) is 0 Å². The highest BCUT2D eigenvalue weighted by molar-refractivity contribution is 5.28. The summed E-state index contributed by atoms with van der Waals surface area (Å²) in [5.41, 5.74) is 4.08. The molecule has 0 amide bonds. The number of benzene rings is 1. The van der Waals surface area contributed by atoms with E-state index >= 15 is 0 Å². The molecular weight excluding hydrogens is 220 g/mol. The molecule has 0 aliphatic heterocycles. The van der Waals surface area contributed by atoms with Crippen molar-refractivity contribution >= 4 is 0 Å². The van der Waals surface area contributed by atoms with Gasteiger partial charge in [0.25, 0.3) is 0 Å². The average molecular weight is 248 g/mol. The maximum absolute atomic E-state index is 3.58. The van der Waals surface area contributed by atoms with Crippen LogP contribution in [-0.2, 0) is 6.54 Å². The number of nitrogens with one attached hydrogen (secondary N) is 1. The Morgan fingerprint density at radius 1 is 1.06 bits per heavy atom. The van der Waals surface area contributed by atoms with Crippen LogP contribution in [0.4, 0.5) is 0 Å². The van der Waals surface area contributed by atoms with Crippen molar-refractivity contribution < 1.29 is 0 Å². The van der Waals surface area contributed by atoms with Crippen LogP contribution in [0.3, 0.4) is 0 Å². The van der Waals surface area contributed by atoms with Gasteiger partial charge in [0.2, 0.25) is 0 Å². The zero-order chi connectivity index (χ0) is 13.7. The van der Waals surface area contributed by atoms with Crippen molar-refractivity contribution in [2.24, 2.45) is 5.92 Å². The molecule has 1 N–H and O–H groups in total. The lowest BCUT2D eigenvalue weighted by molar-refractivity contribution is 0.224. The van der Waals surface area contributed by atoms with E-state index in [1.165, 1.54) is 16.7 Å². The van der Waals surface area contributed by atoms with Crippen LogP contribution >= 0.6 is 0 Å². The van der Waals surface area contributed by atoms with Crippen LogP contribution in [0, 0.1) is 19.8 Å². The van der Waals surface area contributed by atoms with Gasteiger partial charge in [0, 0.05) is 19.1 Å². The molecule has 1 aromatic rings. The molecule has 2 nitrogen and oxygen atoms in total. The molecule has 0 aromatic heterocycles. The van der Waals surface area contributed by atoms with Crippen LogP contribution in [0.2, 0.25) is 0 Å². The van der Waals surface area contributed by atoms with Gasteiger partial charge in [0.05, 0.1) is 0 Å². The SMILES string of the molecule is Cc1cc(C)cc(CNCC(C(C)C)N(C)C)c1. The molecule has 0 aliphatic carbocycles. The number of aryl methyl sites for hydroxylation is 2. The first-order valence-corrected chi connectivity index (χ1v) is 6.84. The molecule has 2 heteroatoms. The third kappa shape index (κ3) is 4.79. The first kappa shape index (κ1) is 15.2. The summed E-state index contributed by atoms with van der Waals surface area (Å²) in [5, 5.41) is 3.58. The fourth-order valence-corrected chi connectivity index (χ4v) is 2.55. The predicted molar refractivity (Wildman–Crippen MR) is 79.9 cm³/mol. The zero-order valence-corrected chi connectivity index (χ0v) is 12.7. The lowest BCUT2D eigenvalue weighted by Crippen LogP contribution is -2.41. The monoisotopic (exact) mass is 248 g/mol. The van der Waals surface area contributed by atoms with Gasteiger partial charge in [-0.25, -0.2) is 0 Å². The second-order valence-electron chi connectivity index (χ2n) is 5.90. The van der Waals surface area contributed by atoms with Crippen molar-refractivity contribution in [3.05, 3.63) is 34.9 Å². The first-order chi connectivity index (χ1) is 8.40. The van der Waals surface area contributed by atoms with Crippen molar-refractivity contribution in [2.45, 2.75) is 40.3 Å². The summed E-state index contributed by atoms with van der Waals surface area (Å²) in [5.74, 6) is 0.673. The van der Waals surface area contributed by atoms with E-state index < -0.39 is 0 Å². The molecule has 0 radical (unpaired) electrons. The van der Waals surface area contributed by atoms with E-state index in [1.807, 2.05) is 0 Å². The molecule has 0 heterocycles. The molecule has 1 aromatic carbocycles. The van der Waals surface area contributed by atoms with Gasteiger partial charge in [0.15, 0.2) is 0 Å². The van der Waals surface area contributed by atoms with Gasteiger partial charge in [-0.2, -0.15) is 0 Å². The van der Waals surface area contributed by atoms with E-state index in [-0.39, 0.29) is 0 Å². The Kier molecular flexibility index (Phi) is 5.83. The smallest absolute Gasteiger partial charge is 0.0237 e. The Balaban J connectivity index is 2.50. The van der Waals surface area contributed by atoms with Crippen molar-refractivity contribution in [1.29, 1.82) is 0 Å². The van der Waals surface area contributed by atoms with Crippen LogP contribution in [0.15, 0.2) is 18.2 Å². The number of hydrogen-bond acceptors (Lipinski definition) is 2. The standard InChI is InChI=1S/C16H28N2/c1-12(2)16(18(5)6)11-17-10-15-8-13(3)7-14(4)9-15/h7-9,12,16-17H,10-11H2,1-6H3. The Bertz CT molecular complexity index is 341. The highest BCUT2D eigenvalue weighted by Crippen LogP contribution is 2.10. The molecule has 0 aliphatic rings. The zero-order valence-electron chi connectivity index (χ0n) is 12.7. The van der Waals surface area contributed by atoms with Gasteiger partial charge >= 0.3 is 0 Å². The minimum Gasteiger partial charge on any atom is -0.311 e. The molecule has 0 saturated heterocycles. The van der Waals surface area contributed by atoms with Crippen molar-refractivity contribution in [3.63, 3.8) is 0 Å². The summed E-state index contributed by atoms with van der Waals surface area (Å²) in [4.78, 5) is 2.30. The van der Waals surface area contributed by atoms with E-state index in [0.717, 1.165) is 13.1 Å². The van der Waals surface area contributed by atoms with E-state index in [1.54, 1.807) is 0 Å². The van der Waals surface area contributed by atoms with Crippen LogP contribution in [0.1, 0.15) is 30.5 Å². The summed E-state index contributed by atoms with van der Waals surface area (Å²) < 4.78 is 0. The van der Waals surface area contributed by atoms with E-state index in [9.17, 15) is 0 Å². The molecule has 0 saturated carbocycles. The lowest BCUT2D eigenvalue weighted by Gasteiger charge is -2.28. The molecule has 0 spiro atoms. The van der Waals surface area contributed by atoms with E-state index in [2.05, 4.69) is 70.2 Å². The van der Waals surface area contributed by atoms with Gasteiger partial charge in [-0.3, -0.25) is 0 Å². The normalized spacial score (nSPS) is 13.3. The summed E-state index contributed by atoms with van der Waals surface area (Å²) in [6, 6.07) is 7.34. The Labute approximate surface area is 112 Å². The third-order valence-electron chi connectivity index (χ3n) is 3.40. The molecule has 102 valence electrons. The number of nitrogens with zero attached hydrogens (tertiary/aromatic N) is 1. The average Bonchev–Trinajstić information content (AvgIpc) is 2.21. The Morgan fingerprint density at radius 3 is 2.06 bits per heavy atom. The molecule has 1 atom stereocenters. The van der Waals surface area contributed by atoms with Gasteiger partial charge in [0.1, 0.15) is 0 Å². The topological polar surface area (TPSA) is 15.3 Å². The minimum atomic E-state index is 0.593. The highest BCUT2D eigenvalue weighted by atomic mass is 15.1. The molecule has 1 unspecified atom stereocenters. The fraction of sp³-hybridized carbons (Fsp3) is 0.625. The number of likely N-dealkylation sites (N-methyl/N-ethyl adjacent to an activating group) is 1. The van der Waals surface area contributed by atoms with Crippen molar-refractivity contribution in [2.75, 3.05) is 20.6 Å². The fourth-order valence-electron chi connectivity index (χ4n) is 2.55. The molecule has 1 rings (SSSR count). The predicted octanol–water partition coefficient (Wildman–Crippen LogP) is 2.98. The van der Waals surface area contributed by atoms with E-state index in [4.69, 9.17) is 0 Å². The largest absolute Gasteiger partial charge is 0.311 e. The van der Waals surface area contributed by atoms with Gasteiger partial charge in [-0.1, -0.05) is 43.2 Å². The van der Waals surface area contributed by atoms with Gasteiger partial charge in [-0.15, -0.1) is 0 Å². The van der Waals surface area contributed by atoms with Crippen molar-refractivity contribution in [1.82, 2.24) is 10.2 Å². The van der Waals surface area contributed by atoms with Crippen LogP contribution in [-0.4, -0.2) is 31.6 Å². The van der Waals surface area contributed by atoms with Gasteiger partial charge < -0.3 is 10.2 Å². The van der Waals surface area contributed by atoms with Crippen LogP contribution < -0.4 is 5.32 Å². The lowest BCUT2D eigenvalue weighted by atomic mass is 10.0. The molecule has 0 bridgehead atoms. The second kappa shape index (κ2) is 6.91. The highest BCUT2D eigenvalue weighted by Gasteiger charge is 2.14. The van der Waals surface area contributed by atoms with E-state index in [0.29, 0.717) is 12.0 Å². The van der Waals surface area contributed by atoms with Crippen molar-refractivity contribution in [3.8, 4) is 0 Å². The molecule has 18 heavy (non-hydrogen) atoms. The molecular formula is C16H28N2. The summed E-state index contributed by atoms with van der Waals surface area (Å²) >= 11 is 0. The van der Waals surface area contributed by atoms with Gasteiger partial charge in [-0.05, 0) is 39.4 Å². The summed E-state index contributed by atoms with van der Waals surface area (Å²) in [7, 11) is 4.31. The Morgan fingerprint density at radius 2 is 1.61 bits per heavy atom. The minimum absolute atomic E-state index is 0.593. The first-order valence-electron chi connectivity index (χ1n) is 6.84. The maximum atomic E-state index is 3.58. The Hall–Kier alpha value is -0.860. The number of hydrogen-bond donors (Lipinski definition) is 1. The third-order valence-corrected chi connectivity index (χ3v) is 3.40. The number of rotatable bonds is 6.